The van der Waals surface area contributed by atoms with Crippen LogP contribution in [0.5, 0.6) is 0 Å². The van der Waals surface area contributed by atoms with E-state index in [-0.39, 0.29) is 19.2 Å². The van der Waals surface area contributed by atoms with Gasteiger partial charge in [0.05, 0.1) is 6.61 Å². The van der Waals surface area contributed by atoms with Crippen molar-refractivity contribution in [1.29, 1.82) is 0 Å². The number of ether oxygens (including phenoxy) is 1. The molecule has 0 heterocycles. The Balaban J connectivity index is 3.25. The molecule has 4 heteroatoms. The summed E-state index contributed by atoms with van der Waals surface area (Å²) in [5, 5.41) is 17.6. The molecule has 1 atom stereocenters. The van der Waals surface area contributed by atoms with Gasteiger partial charge in [-0.1, -0.05) is 51.2 Å². The lowest BCUT2D eigenvalue weighted by molar-refractivity contribution is -0.147. The molecule has 0 aromatic heterocycles. The third-order valence-corrected chi connectivity index (χ3v) is 3.54. The van der Waals surface area contributed by atoms with Crippen LogP contribution in [0, 0.1) is 0 Å². The highest BCUT2D eigenvalue weighted by molar-refractivity contribution is 5.69. The average molecular weight is 314 g/mol. The van der Waals surface area contributed by atoms with Crippen LogP contribution in [0.2, 0.25) is 0 Å². The monoisotopic (exact) mass is 314 g/mol. The molecule has 0 aliphatic heterocycles. The summed E-state index contributed by atoms with van der Waals surface area (Å²) in [4.78, 5) is 11.3. The maximum absolute atomic E-state index is 11.3. The summed E-state index contributed by atoms with van der Waals surface area (Å²) >= 11 is 0. The highest BCUT2D eigenvalue weighted by Crippen LogP contribution is 2.08. The Morgan fingerprint density at radius 1 is 1.00 bits per heavy atom. The molecule has 2 N–H and O–H groups in total. The average Bonchev–Trinajstić information content (AvgIpc) is 2.53. The highest BCUT2D eigenvalue weighted by atomic mass is 16.5. The summed E-state index contributed by atoms with van der Waals surface area (Å²) < 4.78 is 4.83. The van der Waals surface area contributed by atoms with Crippen LogP contribution in [0.25, 0.3) is 0 Å². The molecule has 0 aliphatic carbocycles. The number of esters is 1. The Labute approximate surface area is 135 Å². The Morgan fingerprint density at radius 2 is 1.59 bits per heavy atom. The molecule has 0 aromatic carbocycles. The van der Waals surface area contributed by atoms with E-state index >= 15 is 0 Å². The number of carbonyl (C=O) groups excluding carboxylic acids is 1. The van der Waals surface area contributed by atoms with Gasteiger partial charge in [-0.05, 0) is 32.1 Å². The highest BCUT2D eigenvalue weighted by Gasteiger charge is 2.07. The first-order valence-electron chi connectivity index (χ1n) is 8.80. The van der Waals surface area contributed by atoms with E-state index < -0.39 is 6.10 Å². The topological polar surface area (TPSA) is 66.8 Å². The second-order valence-electron chi connectivity index (χ2n) is 5.79. The summed E-state index contributed by atoms with van der Waals surface area (Å²) in [7, 11) is 0. The standard InChI is InChI=1S/C18H34O4/c1-2-3-4-5-6-7-8-9-10-11-12-13-14-18(21)22-16-17(20)15-19/h7-8,17,19-20H,2-6,9-16H2,1H3/b8-7-. The molecule has 0 radical (unpaired) electrons. The minimum absolute atomic E-state index is 0.113. The van der Waals surface area contributed by atoms with Crippen molar-refractivity contribution in [2.45, 2.75) is 83.7 Å². The smallest absolute Gasteiger partial charge is 0.305 e. The predicted octanol–water partition coefficient (Wildman–Crippen LogP) is 3.75. The largest absolute Gasteiger partial charge is 0.463 e. The van der Waals surface area contributed by atoms with Crippen molar-refractivity contribution in [2.24, 2.45) is 0 Å². The van der Waals surface area contributed by atoms with E-state index in [0.717, 1.165) is 25.7 Å². The van der Waals surface area contributed by atoms with Crippen LogP contribution in [-0.4, -0.2) is 35.5 Å². The van der Waals surface area contributed by atoms with Gasteiger partial charge in [0.15, 0.2) is 0 Å². The van der Waals surface area contributed by atoms with Crippen molar-refractivity contribution in [2.75, 3.05) is 13.2 Å². The maximum atomic E-state index is 11.3. The number of hydrogen-bond acceptors (Lipinski definition) is 4. The zero-order chi connectivity index (χ0) is 16.5. The van der Waals surface area contributed by atoms with Crippen LogP contribution in [0.15, 0.2) is 12.2 Å². The molecule has 130 valence electrons. The van der Waals surface area contributed by atoms with E-state index in [1.165, 1.54) is 38.5 Å². The molecule has 0 saturated heterocycles. The zero-order valence-electron chi connectivity index (χ0n) is 14.1. The molecule has 0 aromatic rings. The van der Waals surface area contributed by atoms with E-state index in [2.05, 4.69) is 19.1 Å². The van der Waals surface area contributed by atoms with Gasteiger partial charge < -0.3 is 14.9 Å². The zero-order valence-corrected chi connectivity index (χ0v) is 14.1. The molecule has 1 unspecified atom stereocenters. The molecular weight excluding hydrogens is 280 g/mol. The lowest BCUT2D eigenvalue weighted by atomic mass is 10.1. The maximum Gasteiger partial charge on any atom is 0.305 e. The summed E-state index contributed by atoms with van der Waals surface area (Å²) in [5.74, 6) is -0.292. The van der Waals surface area contributed by atoms with Gasteiger partial charge in [-0.15, -0.1) is 0 Å². The van der Waals surface area contributed by atoms with E-state index in [1.807, 2.05) is 0 Å². The number of rotatable bonds is 15. The lowest BCUT2D eigenvalue weighted by Crippen LogP contribution is -2.21. The minimum Gasteiger partial charge on any atom is -0.463 e. The fourth-order valence-electron chi connectivity index (χ4n) is 2.12. The first kappa shape index (κ1) is 21.1. The van der Waals surface area contributed by atoms with Gasteiger partial charge in [0.1, 0.15) is 12.7 Å². The van der Waals surface area contributed by atoms with Crippen LogP contribution in [-0.2, 0) is 9.53 Å². The van der Waals surface area contributed by atoms with Gasteiger partial charge in [-0.25, -0.2) is 0 Å². The SMILES string of the molecule is CCCCCC/C=C\CCCCCCC(=O)OCC(O)CO. The van der Waals surface area contributed by atoms with Crippen molar-refractivity contribution in [3.63, 3.8) is 0 Å². The van der Waals surface area contributed by atoms with Gasteiger partial charge in [0.25, 0.3) is 0 Å². The third kappa shape index (κ3) is 15.5. The summed E-state index contributed by atoms with van der Waals surface area (Å²) in [6, 6.07) is 0. The molecule has 0 spiro atoms. The molecule has 22 heavy (non-hydrogen) atoms. The number of aliphatic hydroxyl groups is 2. The van der Waals surface area contributed by atoms with Crippen LogP contribution in [0.3, 0.4) is 0 Å². The number of allylic oxidation sites excluding steroid dienone is 2. The van der Waals surface area contributed by atoms with Crippen molar-refractivity contribution in [3.05, 3.63) is 12.2 Å². The quantitative estimate of drug-likeness (QED) is 0.274. The number of aliphatic hydroxyl groups excluding tert-OH is 2. The van der Waals surface area contributed by atoms with Gasteiger partial charge in [0.2, 0.25) is 0 Å². The molecule has 0 rings (SSSR count). The molecule has 0 fully saturated rings. The van der Waals surface area contributed by atoms with E-state index in [0.29, 0.717) is 6.42 Å². The van der Waals surface area contributed by atoms with Gasteiger partial charge in [0, 0.05) is 6.42 Å². The molecular formula is C18H34O4. The van der Waals surface area contributed by atoms with E-state index in [4.69, 9.17) is 14.9 Å². The Kier molecular flexibility index (Phi) is 15.8. The fraction of sp³-hybridized carbons (Fsp3) is 0.833. The van der Waals surface area contributed by atoms with E-state index in [9.17, 15) is 4.79 Å². The molecule has 4 nitrogen and oxygen atoms in total. The van der Waals surface area contributed by atoms with Crippen LogP contribution in [0.4, 0.5) is 0 Å². The second kappa shape index (κ2) is 16.5. The summed E-state index contributed by atoms with van der Waals surface area (Å²) in [6.45, 7) is 1.74. The van der Waals surface area contributed by atoms with Crippen molar-refractivity contribution in [1.82, 2.24) is 0 Å². The number of hydrogen-bond donors (Lipinski definition) is 2. The Morgan fingerprint density at radius 3 is 2.18 bits per heavy atom. The second-order valence-corrected chi connectivity index (χ2v) is 5.79. The van der Waals surface area contributed by atoms with Crippen LogP contribution >= 0.6 is 0 Å². The van der Waals surface area contributed by atoms with Crippen LogP contribution in [0.1, 0.15) is 77.6 Å². The predicted molar refractivity (Wildman–Crippen MR) is 89.7 cm³/mol. The van der Waals surface area contributed by atoms with Crippen molar-refractivity contribution < 1.29 is 19.7 Å². The van der Waals surface area contributed by atoms with E-state index in [1.54, 1.807) is 0 Å². The first-order chi connectivity index (χ1) is 10.7. The summed E-state index contributed by atoms with van der Waals surface area (Å²) in [5.41, 5.74) is 0. The molecule has 0 bridgehead atoms. The number of unbranched alkanes of at least 4 members (excludes halogenated alkanes) is 8. The van der Waals surface area contributed by atoms with Gasteiger partial charge in [-0.3, -0.25) is 4.79 Å². The van der Waals surface area contributed by atoms with Crippen LogP contribution < -0.4 is 0 Å². The third-order valence-electron chi connectivity index (χ3n) is 3.54. The van der Waals surface area contributed by atoms with Crippen molar-refractivity contribution in [3.8, 4) is 0 Å². The lowest BCUT2D eigenvalue weighted by Gasteiger charge is -2.08. The van der Waals surface area contributed by atoms with Gasteiger partial charge in [-0.2, -0.15) is 0 Å². The number of carbonyl (C=O) groups is 1. The molecule has 0 amide bonds. The normalized spacial score (nSPS) is 12.7. The Bertz CT molecular complexity index is 276. The van der Waals surface area contributed by atoms with Gasteiger partial charge >= 0.3 is 5.97 Å². The summed E-state index contributed by atoms with van der Waals surface area (Å²) in [6.07, 6.45) is 15.8. The first-order valence-corrected chi connectivity index (χ1v) is 8.80. The van der Waals surface area contributed by atoms with Crippen molar-refractivity contribution >= 4 is 5.97 Å². The molecule has 0 aliphatic rings. The fourth-order valence-corrected chi connectivity index (χ4v) is 2.12. The Hall–Kier alpha value is -0.870. The minimum atomic E-state index is -0.960. The molecule has 0 saturated carbocycles.